The van der Waals surface area contributed by atoms with Gasteiger partial charge in [0.15, 0.2) is 5.76 Å². The predicted molar refractivity (Wildman–Crippen MR) is 151 cm³/mol. The summed E-state index contributed by atoms with van der Waals surface area (Å²) in [5, 5.41) is 3.51. The Bertz CT molecular complexity index is 1440. The van der Waals surface area contributed by atoms with Crippen LogP contribution in [0.5, 0.6) is 11.5 Å². The lowest BCUT2D eigenvalue weighted by Crippen LogP contribution is -2.48. The molecule has 39 heavy (non-hydrogen) atoms. The maximum atomic E-state index is 13.1. The molecule has 4 aromatic rings. The van der Waals surface area contributed by atoms with Crippen LogP contribution < -0.4 is 19.7 Å². The van der Waals surface area contributed by atoms with Gasteiger partial charge in [0.2, 0.25) is 0 Å². The Morgan fingerprint density at radius 3 is 2.08 bits per heavy atom. The second-order valence-corrected chi connectivity index (χ2v) is 9.49. The number of piperazine rings is 1. The zero-order chi connectivity index (χ0) is 27.4. The lowest BCUT2D eigenvalue weighted by atomic mass is 10.1. The first-order chi connectivity index (χ1) is 18.9. The summed E-state index contributed by atoms with van der Waals surface area (Å²) in [7, 11) is 3.13. The molecule has 1 aliphatic rings. The molecular weight excluding hydrogens is 518 g/mol. The third kappa shape index (κ3) is 6.02. The third-order valence-corrected chi connectivity index (χ3v) is 6.87. The summed E-state index contributed by atoms with van der Waals surface area (Å²) in [6.45, 7) is 2.56. The van der Waals surface area contributed by atoms with Crippen LogP contribution in [0.3, 0.4) is 0 Å². The van der Waals surface area contributed by atoms with Gasteiger partial charge in [-0.1, -0.05) is 11.6 Å². The summed E-state index contributed by atoms with van der Waals surface area (Å²) in [5.74, 6) is 1.59. The van der Waals surface area contributed by atoms with Crippen LogP contribution in [0.2, 0.25) is 5.02 Å². The molecule has 0 atom stereocenters. The minimum Gasteiger partial charge on any atom is -0.497 e. The second kappa shape index (κ2) is 11.5. The molecule has 2 heterocycles. The molecule has 9 heteroatoms. The van der Waals surface area contributed by atoms with Crippen molar-refractivity contribution in [3.63, 3.8) is 0 Å². The van der Waals surface area contributed by atoms with E-state index >= 15 is 0 Å². The highest BCUT2D eigenvalue weighted by Gasteiger charge is 2.23. The summed E-state index contributed by atoms with van der Waals surface area (Å²) in [5.41, 5.74) is 3.06. The number of methoxy groups -OCH3 is 2. The summed E-state index contributed by atoms with van der Waals surface area (Å²) in [4.78, 5) is 29.8. The number of nitrogens with zero attached hydrogens (tertiary/aromatic N) is 2. The SMILES string of the molecule is COc1cc(OC)cc(C(=O)N2CCN(c3ccc(NC(=O)c4ccc(-c5ccc(Cl)cc5)o4)cc3)CC2)c1. The van der Waals surface area contributed by atoms with E-state index < -0.39 is 0 Å². The highest BCUT2D eigenvalue weighted by molar-refractivity contribution is 6.30. The van der Waals surface area contributed by atoms with E-state index in [1.54, 1.807) is 56.7 Å². The number of ether oxygens (including phenoxy) is 2. The maximum absolute atomic E-state index is 13.1. The Balaban J connectivity index is 1.17. The van der Waals surface area contributed by atoms with Gasteiger partial charge in [-0.15, -0.1) is 0 Å². The van der Waals surface area contributed by atoms with Crippen LogP contribution in [0.15, 0.2) is 83.3 Å². The lowest BCUT2D eigenvalue weighted by molar-refractivity contribution is 0.0746. The predicted octanol–water partition coefficient (Wildman–Crippen LogP) is 5.83. The highest BCUT2D eigenvalue weighted by atomic mass is 35.5. The van der Waals surface area contributed by atoms with E-state index in [4.69, 9.17) is 25.5 Å². The zero-order valence-electron chi connectivity index (χ0n) is 21.6. The van der Waals surface area contributed by atoms with Crippen molar-refractivity contribution in [3.8, 4) is 22.8 Å². The molecule has 0 radical (unpaired) electrons. The third-order valence-electron chi connectivity index (χ3n) is 6.61. The number of carbonyl (C=O) groups is 2. The molecule has 0 bridgehead atoms. The zero-order valence-corrected chi connectivity index (χ0v) is 22.4. The summed E-state index contributed by atoms with van der Waals surface area (Å²) >= 11 is 5.95. The van der Waals surface area contributed by atoms with E-state index in [9.17, 15) is 9.59 Å². The Morgan fingerprint density at radius 2 is 1.46 bits per heavy atom. The van der Waals surface area contributed by atoms with Crippen LogP contribution in [0.1, 0.15) is 20.9 Å². The van der Waals surface area contributed by atoms with Crippen LogP contribution in [-0.2, 0) is 0 Å². The van der Waals surface area contributed by atoms with E-state index in [2.05, 4.69) is 10.2 Å². The molecule has 3 aromatic carbocycles. The van der Waals surface area contributed by atoms with Crippen molar-refractivity contribution in [2.45, 2.75) is 0 Å². The molecule has 5 rings (SSSR count). The lowest BCUT2D eigenvalue weighted by Gasteiger charge is -2.36. The number of nitrogens with one attached hydrogen (secondary N) is 1. The molecule has 200 valence electrons. The average molecular weight is 546 g/mol. The van der Waals surface area contributed by atoms with E-state index in [-0.39, 0.29) is 17.6 Å². The largest absolute Gasteiger partial charge is 0.497 e. The standard InChI is InChI=1S/C30H28ClN3O5/c1-37-25-17-21(18-26(19-25)38-2)30(36)34-15-13-33(14-16-34)24-9-7-23(8-10-24)32-29(35)28-12-11-27(39-28)20-3-5-22(31)6-4-20/h3-12,17-19H,13-16H2,1-2H3,(H,32,35). The fourth-order valence-electron chi connectivity index (χ4n) is 4.46. The summed E-state index contributed by atoms with van der Waals surface area (Å²) in [6.07, 6.45) is 0. The van der Waals surface area contributed by atoms with Crippen LogP contribution in [0, 0.1) is 0 Å². The number of amides is 2. The number of furan rings is 1. The van der Waals surface area contributed by atoms with Crippen molar-refractivity contribution in [2.75, 3.05) is 50.6 Å². The Hall–Kier alpha value is -4.43. The molecule has 1 fully saturated rings. The summed E-state index contributed by atoms with van der Waals surface area (Å²) < 4.78 is 16.3. The monoisotopic (exact) mass is 545 g/mol. The molecular formula is C30H28ClN3O5. The first kappa shape index (κ1) is 26.2. The van der Waals surface area contributed by atoms with Crippen LogP contribution >= 0.6 is 11.6 Å². The first-order valence-electron chi connectivity index (χ1n) is 12.5. The van der Waals surface area contributed by atoms with Gasteiger partial charge in [-0.05, 0) is 72.8 Å². The number of halogens is 1. The van der Waals surface area contributed by atoms with Gasteiger partial charge in [0.1, 0.15) is 17.3 Å². The molecule has 1 saturated heterocycles. The second-order valence-electron chi connectivity index (χ2n) is 9.05. The van der Waals surface area contributed by atoms with Gasteiger partial charge >= 0.3 is 0 Å². The molecule has 8 nitrogen and oxygen atoms in total. The number of hydrogen-bond acceptors (Lipinski definition) is 6. The minimum absolute atomic E-state index is 0.0537. The van der Waals surface area contributed by atoms with Gasteiger partial charge in [-0.3, -0.25) is 9.59 Å². The van der Waals surface area contributed by atoms with Crippen molar-refractivity contribution < 1.29 is 23.5 Å². The van der Waals surface area contributed by atoms with E-state index in [0.717, 1.165) is 11.3 Å². The van der Waals surface area contributed by atoms with E-state index in [0.29, 0.717) is 59.7 Å². The molecule has 1 aliphatic heterocycles. The topological polar surface area (TPSA) is 84.3 Å². The van der Waals surface area contributed by atoms with Gasteiger partial charge in [-0.25, -0.2) is 0 Å². The number of carbonyl (C=O) groups excluding carboxylic acids is 2. The molecule has 0 spiro atoms. The normalized spacial score (nSPS) is 13.2. The number of benzene rings is 3. The quantitative estimate of drug-likeness (QED) is 0.314. The maximum Gasteiger partial charge on any atom is 0.291 e. The van der Waals surface area contributed by atoms with Crippen LogP contribution in [-0.4, -0.2) is 57.1 Å². The Labute approximate surface area is 231 Å². The van der Waals surface area contributed by atoms with Crippen LogP contribution in [0.25, 0.3) is 11.3 Å². The van der Waals surface area contributed by atoms with Crippen molar-refractivity contribution in [1.82, 2.24) is 4.90 Å². The highest BCUT2D eigenvalue weighted by Crippen LogP contribution is 2.26. The fourth-order valence-corrected chi connectivity index (χ4v) is 4.58. The minimum atomic E-state index is -0.329. The van der Waals surface area contributed by atoms with Gasteiger partial charge in [0.05, 0.1) is 14.2 Å². The molecule has 2 amide bonds. The van der Waals surface area contributed by atoms with Crippen molar-refractivity contribution in [3.05, 3.63) is 95.2 Å². The van der Waals surface area contributed by atoms with Crippen molar-refractivity contribution in [1.29, 1.82) is 0 Å². The fraction of sp³-hybridized carbons (Fsp3) is 0.200. The van der Waals surface area contributed by atoms with Gasteiger partial charge in [-0.2, -0.15) is 0 Å². The van der Waals surface area contributed by atoms with E-state index in [1.165, 1.54) is 0 Å². The van der Waals surface area contributed by atoms with Gasteiger partial charge in [0, 0.05) is 59.8 Å². The van der Waals surface area contributed by atoms with Crippen molar-refractivity contribution in [2.24, 2.45) is 0 Å². The molecule has 0 unspecified atom stereocenters. The van der Waals surface area contributed by atoms with Gasteiger partial charge < -0.3 is 29.0 Å². The van der Waals surface area contributed by atoms with Crippen molar-refractivity contribution >= 4 is 34.8 Å². The summed E-state index contributed by atoms with van der Waals surface area (Å²) in [6, 6.07) is 23.5. The van der Waals surface area contributed by atoms with Gasteiger partial charge in [0.25, 0.3) is 11.8 Å². The molecule has 1 aromatic heterocycles. The molecule has 0 saturated carbocycles. The number of rotatable bonds is 7. The average Bonchev–Trinajstić information content (AvgIpc) is 3.48. The molecule has 0 aliphatic carbocycles. The molecule has 1 N–H and O–H groups in total. The first-order valence-corrected chi connectivity index (χ1v) is 12.9. The Morgan fingerprint density at radius 1 is 0.821 bits per heavy atom. The van der Waals surface area contributed by atoms with E-state index in [1.807, 2.05) is 41.3 Å². The number of anilines is 2. The number of hydrogen-bond donors (Lipinski definition) is 1. The van der Waals surface area contributed by atoms with Crippen LogP contribution in [0.4, 0.5) is 11.4 Å². The smallest absolute Gasteiger partial charge is 0.291 e. The Kier molecular flexibility index (Phi) is 7.74.